The van der Waals surface area contributed by atoms with Crippen LogP contribution in [0.5, 0.6) is 0 Å². The Labute approximate surface area is 148 Å². The van der Waals surface area contributed by atoms with Gasteiger partial charge in [-0.2, -0.15) is 0 Å². The Kier molecular flexibility index (Phi) is 4.76. The largest absolute Gasteiger partial charge is 0.353 e. The highest BCUT2D eigenvalue weighted by Crippen LogP contribution is 2.28. The number of anilines is 1. The lowest BCUT2D eigenvalue weighted by Gasteiger charge is -2.39. The van der Waals surface area contributed by atoms with Crippen LogP contribution in [0.1, 0.15) is 19.4 Å². The molecule has 5 heteroatoms. The number of nitrogens with zero attached hydrogens (tertiary/aromatic N) is 3. The van der Waals surface area contributed by atoms with Gasteiger partial charge in [-0.15, -0.1) is 0 Å². The Morgan fingerprint density at radius 2 is 1.83 bits per heavy atom. The molecule has 0 atom stereocenters. The molecule has 1 aromatic carbocycles. The second-order valence-corrected chi connectivity index (χ2v) is 7.04. The fourth-order valence-corrected chi connectivity index (χ4v) is 3.27. The van der Waals surface area contributed by atoms with Crippen molar-refractivity contribution in [3.05, 3.63) is 59.2 Å². The first kappa shape index (κ1) is 16.8. The molecule has 0 aliphatic carbocycles. The van der Waals surface area contributed by atoms with E-state index in [4.69, 9.17) is 11.6 Å². The molecule has 126 valence electrons. The summed E-state index contributed by atoms with van der Waals surface area (Å²) in [6.07, 6.45) is 1.80. The molecular weight excluding hydrogens is 322 g/mol. The summed E-state index contributed by atoms with van der Waals surface area (Å²) in [7, 11) is 0. The Morgan fingerprint density at radius 3 is 2.46 bits per heavy atom. The van der Waals surface area contributed by atoms with Crippen LogP contribution in [0.3, 0.4) is 0 Å². The Morgan fingerprint density at radius 1 is 1.08 bits per heavy atom. The number of aromatic nitrogens is 1. The molecule has 24 heavy (non-hydrogen) atoms. The maximum Gasteiger partial charge on any atom is 0.232 e. The average molecular weight is 344 g/mol. The maximum absolute atomic E-state index is 13.0. The Balaban J connectivity index is 1.68. The summed E-state index contributed by atoms with van der Waals surface area (Å²) < 4.78 is 0. The minimum Gasteiger partial charge on any atom is -0.353 e. The summed E-state index contributed by atoms with van der Waals surface area (Å²) in [5.74, 6) is 1.11. The predicted octanol–water partition coefficient (Wildman–Crippen LogP) is 3.36. The van der Waals surface area contributed by atoms with E-state index in [1.165, 1.54) is 0 Å². The van der Waals surface area contributed by atoms with Crippen molar-refractivity contribution < 1.29 is 4.79 Å². The van der Waals surface area contributed by atoms with Gasteiger partial charge in [0.1, 0.15) is 5.82 Å². The van der Waals surface area contributed by atoms with E-state index >= 15 is 0 Å². The van der Waals surface area contributed by atoms with Gasteiger partial charge in [0.25, 0.3) is 0 Å². The van der Waals surface area contributed by atoms with Crippen molar-refractivity contribution in [1.29, 1.82) is 0 Å². The van der Waals surface area contributed by atoms with Gasteiger partial charge in [-0.1, -0.05) is 29.8 Å². The normalized spacial score (nSPS) is 15.5. The van der Waals surface area contributed by atoms with E-state index in [1.807, 2.05) is 61.2 Å². The fraction of sp³-hybridized carbons (Fsp3) is 0.368. The third-order valence-corrected chi connectivity index (χ3v) is 4.86. The molecule has 3 rings (SSSR count). The number of hydrogen-bond acceptors (Lipinski definition) is 3. The van der Waals surface area contributed by atoms with Crippen LogP contribution in [-0.2, 0) is 10.2 Å². The van der Waals surface area contributed by atoms with Crippen LogP contribution < -0.4 is 4.90 Å². The van der Waals surface area contributed by atoms with Crippen molar-refractivity contribution in [3.63, 3.8) is 0 Å². The van der Waals surface area contributed by atoms with Gasteiger partial charge in [0, 0.05) is 37.4 Å². The lowest BCUT2D eigenvalue weighted by molar-refractivity contribution is -0.136. The number of amides is 1. The summed E-state index contributed by atoms with van der Waals surface area (Å²) in [5.41, 5.74) is 0.366. The number of carbonyl (C=O) groups is 1. The molecule has 0 radical (unpaired) electrons. The zero-order chi connectivity index (χ0) is 17.2. The second-order valence-electron chi connectivity index (χ2n) is 6.60. The molecule has 0 N–H and O–H groups in total. The molecule has 1 aromatic heterocycles. The Bertz CT molecular complexity index is 710. The van der Waals surface area contributed by atoms with Gasteiger partial charge >= 0.3 is 0 Å². The van der Waals surface area contributed by atoms with Crippen LogP contribution in [0.2, 0.25) is 5.02 Å². The number of hydrogen-bond donors (Lipinski definition) is 0. The third-order valence-electron chi connectivity index (χ3n) is 4.62. The summed E-state index contributed by atoms with van der Waals surface area (Å²) in [4.78, 5) is 21.6. The van der Waals surface area contributed by atoms with E-state index in [9.17, 15) is 4.79 Å². The number of halogens is 1. The number of piperazine rings is 1. The molecule has 2 aromatic rings. The van der Waals surface area contributed by atoms with Gasteiger partial charge in [-0.05, 0) is 43.7 Å². The van der Waals surface area contributed by atoms with Crippen LogP contribution in [0, 0.1) is 0 Å². The zero-order valence-electron chi connectivity index (χ0n) is 14.1. The molecule has 1 aliphatic heterocycles. The van der Waals surface area contributed by atoms with E-state index in [2.05, 4.69) is 9.88 Å². The first-order valence-corrected chi connectivity index (χ1v) is 8.58. The number of carbonyl (C=O) groups excluding carboxylic acids is 1. The minimum absolute atomic E-state index is 0.144. The lowest BCUT2D eigenvalue weighted by Crippen LogP contribution is -2.53. The summed E-state index contributed by atoms with van der Waals surface area (Å²) in [6, 6.07) is 13.5. The van der Waals surface area contributed by atoms with E-state index in [1.54, 1.807) is 6.20 Å². The zero-order valence-corrected chi connectivity index (χ0v) is 14.8. The van der Waals surface area contributed by atoms with Crippen LogP contribution >= 0.6 is 11.6 Å². The quantitative estimate of drug-likeness (QED) is 0.857. The first-order chi connectivity index (χ1) is 11.5. The van der Waals surface area contributed by atoms with Crippen LogP contribution in [0.4, 0.5) is 5.82 Å². The average Bonchev–Trinajstić information content (AvgIpc) is 2.62. The van der Waals surface area contributed by atoms with Gasteiger partial charge in [0.15, 0.2) is 0 Å². The van der Waals surface area contributed by atoms with Crippen molar-refractivity contribution in [2.45, 2.75) is 19.3 Å². The van der Waals surface area contributed by atoms with E-state index < -0.39 is 5.41 Å². The van der Waals surface area contributed by atoms with Gasteiger partial charge in [-0.3, -0.25) is 4.79 Å². The number of pyridine rings is 1. The summed E-state index contributed by atoms with van der Waals surface area (Å²) in [5, 5.41) is 0.661. The molecule has 2 heterocycles. The van der Waals surface area contributed by atoms with Crippen LogP contribution in [-0.4, -0.2) is 42.0 Å². The molecule has 1 fully saturated rings. The summed E-state index contributed by atoms with van der Waals surface area (Å²) in [6.45, 7) is 6.94. The minimum atomic E-state index is -0.585. The van der Waals surface area contributed by atoms with Crippen molar-refractivity contribution in [3.8, 4) is 0 Å². The topological polar surface area (TPSA) is 36.4 Å². The van der Waals surface area contributed by atoms with Crippen LogP contribution in [0.25, 0.3) is 0 Å². The van der Waals surface area contributed by atoms with E-state index in [0.29, 0.717) is 18.1 Å². The van der Waals surface area contributed by atoms with Crippen molar-refractivity contribution >= 4 is 23.3 Å². The molecule has 4 nitrogen and oxygen atoms in total. The highest BCUT2D eigenvalue weighted by Gasteiger charge is 2.35. The highest BCUT2D eigenvalue weighted by atomic mass is 35.5. The molecule has 1 aliphatic rings. The fourth-order valence-electron chi connectivity index (χ4n) is 3.08. The van der Waals surface area contributed by atoms with E-state index in [-0.39, 0.29) is 5.91 Å². The van der Waals surface area contributed by atoms with Gasteiger partial charge < -0.3 is 9.80 Å². The standard InChI is InChI=1S/C19H22ClN3O/c1-19(2,15-6-5-7-16(20)14-15)18(24)23-12-10-22(11-13-23)17-8-3-4-9-21-17/h3-9,14H,10-13H2,1-2H3. The van der Waals surface area contributed by atoms with Crippen molar-refractivity contribution in [1.82, 2.24) is 9.88 Å². The van der Waals surface area contributed by atoms with E-state index in [0.717, 1.165) is 24.5 Å². The van der Waals surface area contributed by atoms with Gasteiger partial charge in [-0.25, -0.2) is 4.98 Å². The van der Waals surface area contributed by atoms with Crippen molar-refractivity contribution in [2.75, 3.05) is 31.1 Å². The smallest absolute Gasteiger partial charge is 0.232 e. The second kappa shape index (κ2) is 6.81. The molecule has 0 unspecified atom stereocenters. The highest BCUT2D eigenvalue weighted by molar-refractivity contribution is 6.30. The van der Waals surface area contributed by atoms with Gasteiger partial charge in [0.05, 0.1) is 5.41 Å². The predicted molar refractivity (Wildman–Crippen MR) is 97.5 cm³/mol. The monoisotopic (exact) mass is 343 g/mol. The number of rotatable bonds is 3. The summed E-state index contributed by atoms with van der Waals surface area (Å²) >= 11 is 6.09. The molecular formula is C19H22ClN3O. The molecule has 1 saturated heterocycles. The molecule has 0 spiro atoms. The van der Waals surface area contributed by atoms with Crippen molar-refractivity contribution in [2.24, 2.45) is 0 Å². The van der Waals surface area contributed by atoms with Gasteiger partial charge in [0.2, 0.25) is 5.91 Å². The maximum atomic E-state index is 13.0. The molecule has 0 bridgehead atoms. The lowest BCUT2D eigenvalue weighted by atomic mass is 9.83. The third kappa shape index (κ3) is 3.39. The number of benzene rings is 1. The SMILES string of the molecule is CC(C)(C(=O)N1CCN(c2ccccn2)CC1)c1cccc(Cl)c1. The first-order valence-electron chi connectivity index (χ1n) is 8.20. The molecule has 1 amide bonds. The molecule has 0 saturated carbocycles. The Hall–Kier alpha value is -2.07. The van der Waals surface area contributed by atoms with Crippen LogP contribution in [0.15, 0.2) is 48.7 Å².